The van der Waals surface area contributed by atoms with Crippen LogP contribution < -0.4 is 10.1 Å². The van der Waals surface area contributed by atoms with E-state index in [1.54, 1.807) is 61.7 Å². The van der Waals surface area contributed by atoms with E-state index in [4.69, 9.17) is 21.4 Å². The van der Waals surface area contributed by atoms with E-state index in [9.17, 15) is 18.8 Å². The highest BCUT2D eigenvalue weighted by Crippen LogP contribution is 2.23. The standard InChI is InChI=1S/C23H27ClN4O5.C5H4FN/c1-15-11-19(9-10-20(15)33-4)25-22(26-23(32)27(3)12-16(2)21(30)31)28(14-29)13-17-5-7-18(24)8-6-17;6-5-3-1-2-4-7-5/h5-11,14,16H,12-13H2,1-4H3,(H,30,31)(H,25,26,32);1-4H/t16-;/m0./s1. The fourth-order valence-corrected chi connectivity index (χ4v) is 3.40. The van der Waals surface area contributed by atoms with Crippen LogP contribution in [0.5, 0.6) is 5.75 Å². The number of halogens is 2. The predicted octanol–water partition coefficient (Wildman–Crippen LogP) is 4.89. The minimum atomic E-state index is -1.02. The van der Waals surface area contributed by atoms with E-state index < -0.39 is 23.9 Å². The number of carboxylic acid groups (broad SMARTS) is 1. The number of aliphatic imine (C=N–C) groups is 1. The van der Waals surface area contributed by atoms with Crippen molar-refractivity contribution in [1.82, 2.24) is 20.1 Å². The molecule has 0 aliphatic heterocycles. The van der Waals surface area contributed by atoms with Crippen LogP contribution in [0.15, 0.2) is 71.9 Å². The highest BCUT2D eigenvalue weighted by molar-refractivity contribution is 6.30. The number of hydrogen-bond donors (Lipinski definition) is 2. The minimum absolute atomic E-state index is 0.00987. The molecule has 1 atom stereocenters. The smallest absolute Gasteiger partial charge is 0.323 e. The lowest BCUT2D eigenvalue weighted by Gasteiger charge is -2.24. The van der Waals surface area contributed by atoms with Crippen LogP contribution in [0.1, 0.15) is 18.1 Å². The Morgan fingerprint density at radius 2 is 1.90 bits per heavy atom. The van der Waals surface area contributed by atoms with Gasteiger partial charge in [-0.05, 0) is 60.5 Å². The third kappa shape index (κ3) is 10.3. The molecule has 3 amide bonds. The number of aryl methyl sites for hydroxylation is 1. The number of rotatable bonds is 8. The highest BCUT2D eigenvalue weighted by Gasteiger charge is 2.21. The summed E-state index contributed by atoms with van der Waals surface area (Å²) in [7, 11) is 3.03. The summed E-state index contributed by atoms with van der Waals surface area (Å²) in [6.45, 7) is 3.46. The zero-order valence-electron chi connectivity index (χ0n) is 22.5. The molecule has 0 aliphatic carbocycles. The molecule has 1 heterocycles. The summed E-state index contributed by atoms with van der Waals surface area (Å²) in [5.74, 6) is -1.54. The molecule has 40 heavy (non-hydrogen) atoms. The van der Waals surface area contributed by atoms with Gasteiger partial charge in [-0.3, -0.25) is 19.8 Å². The molecule has 0 saturated carbocycles. The van der Waals surface area contributed by atoms with Gasteiger partial charge in [0.15, 0.2) is 0 Å². The number of guanidine groups is 1. The van der Waals surface area contributed by atoms with Gasteiger partial charge >= 0.3 is 12.0 Å². The second kappa shape index (κ2) is 15.8. The molecule has 0 unspecified atom stereocenters. The Morgan fingerprint density at radius 3 is 2.40 bits per heavy atom. The molecule has 10 nitrogen and oxygen atoms in total. The maximum Gasteiger partial charge on any atom is 0.323 e. The van der Waals surface area contributed by atoms with Gasteiger partial charge in [-0.25, -0.2) is 14.8 Å². The van der Waals surface area contributed by atoms with Gasteiger partial charge in [0.2, 0.25) is 18.3 Å². The molecule has 2 N–H and O–H groups in total. The summed E-state index contributed by atoms with van der Waals surface area (Å²) in [4.78, 5) is 46.1. The number of carboxylic acids is 1. The number of ether oxygens (including phenoxy) is 1. The third-order valence-electron chi connectivity index (χ3n) is 5.44. The number of urea groups is 1. The van der Waals surface area contributed by atoms with E-state index in [2.05, 4.69) is 15.3 Å². The lowest BCUT2D eigenvalue weighted by atomic mass is 10.2. The SMILES string of the molecule is COc1ccc(N=C(NC(=O)N(C)C[C@H](C)C(=O)O)N(C=O)Cc2ccc(Cl)cc2)cc1C.Fc1ccccn1. The zero-order valence-corrected chi connectivity index (χ0v) is 23.3. The van der Waals surface area contributed by atoms with Crippen LogP contribution in [0.25, 0.3) is 0 Å². The lowest BCUT2D eigenvalue weighted by molar-refractivity contribution is -0.141. The van der Waals surface area contributed by atoms with Gasteiger partial charge in [0.25, 0.3) is 0 Å². The van der Waals surface area contributed by atoms with Gasteiger partial charge in [-0.1, -0.05) is 36.7 Å². The first-order valence-electron chi connectivity index (χ1n) is 12.0. The van der Waals surface area contributed by atoms with Gasteiger partial charge < -0.3 is 14.7 Å². The molecular formula is C28H31ClFN5O5. The highest BCUT2D eigenvalue weighted by atomic mass is 35.5. The van der Waals surface area contributed by atoms with Crippen molar-refractivity contribution in [2.24, 2.45) is 10.9 Å². The number of pyridine rings is 1. The quantitative estimate of drug-likeness (QED) is 0.172. The average Bonchev–Trinajstić information content (AvgIpc) is 2.93. The average molecular weight is 572 g/mol. The largest absolute Gasteiger partial charge is 0.496 e. The van der Waals surface area contributed by atoms with Crippen LogP contribution in [-0.4, -0.2) is 65.0 Å². The number of nitrogens with one attached hydrogen (secondary N) is 1. The Balaban J connectivity index is 0.000000693. The Bertz CT molecular complexity index is 1310. The molecule has 0 bridgehead atoms. The van der Waals surface area contributed by atoms with E-state index in [-0.39, 0.29) is 19.0 Å². The van der Waals surface area contributed by atoms with Crippen molar-refractivity contribution in [3.8, 4) is 5.75 Å². The number of aliphatic carboxylic acids is 1. The number of methoxy groups -OCH3 is 1. The van der Waals surface area contributed by atoms with E-state index in [0.29, 0.717) is 22.9 Å². The summed E-state index contributed by atoms with van der Waals surface area (Å²) < 4.78 is 17.1. The molecule has 12 heteroatoms. The summed E-state index contributed by atoms with van der Waals surface area (Å²) in [5.41, 5.74) is 2.09. The van der Waals surface area contributed by atoms with E-state index in [1.165, 1.54) is 36.0 Å². The molecule has 1 aromatic heterocycles. The van der Waals surface area contributed by atoms with Gasteiger partial charge in [0.1, 0.15) is 5.75 Å². The first kappa shape index (κ1) is 31.7. The van der Waals surface area contributed by atoms with Gasteiger partial charge in [-0.15, -0.1) is 0 Å². The van der Waals surface area contributed by atoms with Crippen molar-refractivity contribution < 1.29 is 28.6 Å². The van der Waals surface area contributed by atoms with Crippen molar-refractivity contribution >= 4 is 41.7 Å². The Labute approximate surface area is 237 Å². The van der Waals surface area contributed by atoms with Crippen molar-refractivity contribution in [2.75, 3.05) is 20.7 Å². The monoisotopic (exact) mass is 571 g/mol. The normalized spacial score (nSPS) is 11.4. The van der Waals surface area contributed by atoms with Gasteiger partial charge in [-0.2, -0.15) is 4.39 Å². The zero-order chi connectivity index (χ0) is 29.7. The van der Waals surface area contributed by atoms with E-state index >= 15 is 0 Å². The lowest BCUT2D eigenvalue weighted by Crippen LogP contribution is -2.49. The predicted molar refractivity (Wildman–Crippen MR) is 150 cm³/mol. The Hall–Kier alpha value is -4.51. The molecular weight excluding hydrogens is 541 g/mol. The van der Waals surface area contributed by atoms with Gasteiger partial charge in [0.05, 0.1) is 25.3 Å². The number of benzene rings is 2. The van der Waals surface area contributed by atoms with Crippen molar-refractivity contribution in [3.05, 3.63) is 89.0 Å². The maximum atomic E-state index is 12.7. The number of nitrogens with zero attached hydrogens (tertiary/aromatic N) is 4. The van der Waals surface area contributed by atoms with E-state index in [1.807, 2.05) is 6.92 Å². The fourth-order valence-electron chi connectivity index (χ4n) is 3.27. The Morgan fingerprint density at radius 1 is 1.20 bits per heavy atom. The third-order valence-corrected chi connectivity index (χ3v) is 5.69. The summed E-state index contributed by atoms with van der Waals surface area (Å²) in [5, 5.41) is 12.3. The first-order chi connectivity index (χ1) is 19.0. The van der Waals surface area contributed by atoms with Crippen LogP contribution >= 0.6 is 11.6 Å². The molecule has 3 rings (SSSR count). The molecule has 0 fully saturated rings. The number of carbonyl (C=O) groups is 3. The van der Waals surface area contributed by atoms with Crippen molar-refractivity contribution in [3.63, 3.8) is 0 Å². The molecule has 0 spiro atoms. The first-order valence-corrected chi connectivity index (χ1v) is 12.4. The molecule has 0 radical (unpaired) electrons. The second-order valence-corrected chi connectivity index (χ2v) is 9.09. The number of carbonyl (C=O) groups excluding carboxylic acids is 2. The summed E-state index contributed by atoms with van der Waals surface area (Å²) in [6, 6.07) is 16.1. The van der Waals surface area contributed by atoms with E-state index in [0.717, 1.165) is 11.1 Å². The topological polar surface area (TPSA) is 124 Å². The molecule has 3 aromatic rings. The van der Waals surface area contributed by atoms with Crippen LogP contribution in [0, 0.1) is 18.8 Å². The number of aromatic nitrogens is 1. The number of amides is 3. The molecule has 0 aliphatic rings. The minimum Gasteiger partial charge on any atom is -0.496 e. The van der Waals surface area contributed by atoms with Crippen LogP contribution in [0.2, 0.25) is 5.02 Å². The van der Waals surface area contributed by atoms with Crippen LogP contribution in [0.4, 0.5) is 14.9 Å². The van der Waals surface area contributed by atoms with Crippen LogP contribution in [0.3, 0.4) is 0 Å². The Kier molecular flexibility index (Phi) is 12.5. The molecule has 2 aromatic carbocycles. The number of hydrogen-bond acceptors (Lipinski definition) is 6. The molecule has 0 saturated heterocycles. The molecule has 212 valence electrons. The summed E-state index contributed by atoms with van der Waals surface area (Å²) in [6.07, 6.45) is 1.97. The van der Waals surface area contributed by atoms with Crippen molar-refractivity contribution in [2.45, 2.75) is 20.4 Å². The summed E-state index contributed by atoms with van der Waals surface area (Å²) >= 11 is 5.94. The maximum absolute atomic E-state index is 12.7. The second-order valence-electron chi connectivity index (χ2n) is 8.65. The fraction of sp³-hybridized carbons (Fsp3) is 0.250. The van der Waals surface area contributed by atoms with Crippen molar-refractivity contribution in [1.29, 1.82) is 0 Å². The van der Waals surface area contributed by atoms with Gasteiger partial charge in [0, 0.05) is 24.8 Å². The van der Waals surface area contributed by atoms with Crippen LogP contribution in [-0.2, 0) is 16.1 Å².